The molecule has 0 radical (unpaired) electrons. The molecule has 1 aliphatic carbocycles. The summed E-state index contributed by atoms with van der Waals surface area (Å²) in [6.45, 7) is 2.11. The molecule has 1 aromatic rings. The summed E-state index contributed by atoms with van der Waals surface area (Å²) in [6.07, 6.45) is 2.08. The van der Waals surface area contributed by atoms with E-state index >= 15 is 0 Å². The predicted octanol–water partition coefficient (Wildman–Crippen LogP) is 3.86. The van der Waals surface area contributed by atoms with Gasteiger partial charge in [0.1, 0.15) is 7.11 Å². The van der Waals surface area contributed by atoms with Crippen LogP contribution in [0.5, 0.6) is 0 Å². The molecule has 3 heteroatoms. The molecule has 0 aliphatic heterocycles. The highest BCUT2D eigenvalue weighted by molar-refractivity contribution is 6.31. The van der Waals surface area contributed by atoms with Crippen LogP contribution in [0.15, 0.2) is 29.4 Å². The standard InChI is InChI=1S/C13H16ClNO/c1-3-13(15-16-2)11-8-10(11)9-6-4-5-7-12(9)14/h4-7,10-11H,3,8H2,1-2H3. The van der Waals surface area contributed by atoms with E-state index < -0.39 is 0 Å². The van der Waals surface area contributed by atoms with Gasteiger partial charge in [-0.1, -0.05) is 41.9 Å². The third-order valence-electron chi connectivity index (χ3n) is 3.09. The van der Waals surface area contributed by atoms with Crippen LogP contribution < -0.4 is 0 Å². The second-order valence-corrected chi connectivity index (χ2v) is 4.50. The molecule has 1 saturated carbocycles. The topological polar surface area (TPSA) is 21.6 Å². The number of hydrogen-bond donors (Lipinski definition) is 0. The van der Waals surface area contributed by atoms with Crippen molar-refractivity contribution in [3.8, 4) is 0 Å². The monoisotopic (exact) mass is 237 g/mol. The molecule has 2 unspecified atom stereocenters. The van der Waals surface area contributed by atoms with Crippen molar-refractivity contribution in [2.75, 3.05) is 7.11 Å². The summed E-state index contributed by atoms with van der Waals surface area (Å²) >= 11 is 6.18. The van der Waals surface area contributed by atoms with Crippen LogP contribution in [0.3, 0.4) is 0 Å². The maximum Gasteiger partial charge on any atom is 0.106 e. The van der Waals surface area contributed by atoms with E-state index in [-0.39, 0.29) is 0 Å². The largest absolute Gasteiger partial charge is 0.399 e. The van der Waals surface area contributed by atoms with Crippen LogP contribution in [0.1, 0.15) is 31.2 Å². The van der Waals surface area contributed by atoms with Gasteiger partial charge in [0, 0.05) is 10.9 Å². The predicted molar refractivity (Wildman–Crippen MR) is 67.0 cm³/mol. The van der Waals surface area contributed by atoms with Crippen molar-refractivity contribution in [2.45, 2.75) is 25.7 Å². The van der Waals surface area contributed by atoms with Crippen LogP contribution >= 0.6 is 11.6 Å². The SMILES string of the molecule is CCC(=NOC)C1CC1c1ccccc1Cl. The van der Waals surface area contributed by atoms with Gasteiger partial charge < -0.3 is 4.84 Å². The highest BCUT2D eigenvalue weighted by Crippen LogP contribution is 2.50. The number of rotatable bonds is 4. The molecule has 1 aliphatic rings. The summed E-state index contributed by atoms with van der Waals surface area (Å²) < 4.78 is 0. The summed E-state index contributed by atoms with van der Waals surface area (Å²) in [6, 6.07) is 8.06. The van der Waals surface area contributed by atoms with E-state index in [9.17, 15) is 0 Å². The summed E-state index contributed by atoms with van der Waals surface area (Å²) in [5.74, 6) is 1.05. The quantitative estimate of drug-likeness (QED) is 0.576. The minimum atomic E-state index is 0.518. The molecule has 2 atom stereocenters. The second-order valence-electron chi connectivity index (χ2n) is 4.09. The summed E-state index contributed by atoms with van der Waals surface area (Å²) in [5, 5.41) is 4.95. The molecular weight excluding hydrogens is 222 g/mol. The Morgan fingerprint density at radius 1 is 1.50 bits per heavy atom. The van der Waals surface area contributed by atoms with Crippen LogP contribution in [0.2, 0.25) is 5.02 Å². The summed E-state index contributed by atoms with van der Waals surface area (Å²) in [7, 11) is 1.60. The fourth-order valence-corrected chi connectivity index (χ4v) is 2.47. The van der Waals surface area contributed by atoms with Crippen LogP contribution in [0.25, 0.3) is 0 Å². The molecule has 2 rings (SSSR count). The van der Waals surface area contributed by atoms with Crippen molar-refractivity contribution in [1.29, 1.82) is 0 Å². The Labute approximate surface area is 101 Å². The van der Waals surface area contributed by atoms with E-state index in [1.54, 1.807) is 7.11 Å². The molecule has 0 amide bonds. The first-order chi connectivity index (χ1) is 7.77. The molecule has 86 valence electrons. The third-order valence-corrected chi connectivity index (χ3v) is 3.44. The maximum absolute atomic E-state index is 6.18. The maximum atomic E-state index is 6.18. The molecule has 2 nitrogen and oxygen atoms in total. The van der Waals surface area contributed by atoms with Gasteiger partial charge in [-0.05, 0) is 30.4 Å². The molecule has 0 N–H and O–H groups in total. The van der Waals surface area contributed by atoms with Gasteiger partial charge in [-0.3, -0.25) is 0 Å². The molecule has 1 fully saturated rings. The first-order valence-electron chi connectivity index (χ1n) is 5.62. The van der Waals surface area contributed by atoms with Crippen molar-refractivity contribution in [2.24, 2.45) is 11.1 Å². The molecule has 16 heavy (non-hydrogen) atoms. The molecule has 0 bridgehead atoms. The lowest BCUT2D eigenvalue weighted by atomic mass is 10.1. The van der Waals surface area contributed by atoms with Crippen LogP contribution in [0.4, 0.5) is 0 Å². The Kier molecular flexibility index (Phi) is 3.49. The average Bonchev–Trinajstić information content (AvgIpc) is 3.06. The smallest absolute Gasteiger partial charge is 0.106 e. The summed E-state index contributed by atoms with van der Waals surface area (Å²) in [4.78, 5) is 4.87. The Morgan fingerprint density at radius 2 is 2.25 bits per heavy atom. The molecule has 0 heterocycles. The number of oxime groups is 1. The molecule has 0 spiro atoms. The van der Waals surface area contributed by atoms with Gasteiger partial charge in [0.05, 0.1) is 5.71 Å². The van der Waals surface area contributed by atoms with E-state index in [0.717, 1.165) is 23.6 Å². The zero-order chi connectivity index (χ0) is 11.5. The van der Waals surface area contributed by atoms with Crippen LogP contribution in [-0.4, -0.2) is 12.8 Å². The zero-order valence-electron chi connectivity index (χ0n) is 9.61. The van der Waals surface area contributed by atoms with Crippen LogP contribution in [0, 0.1) is 5.92 Å². The van der Waals surface area contributed by atoms with E-state index in [4.69, 9.17) is 16.4 Å². The molecular formula is C13H16ClNO. The normalized spacial score (nSPS) is 24.3. The molecule has 0 saturated heterocycles. The van der Waals surface area contributed by atoms with Gasteiger partial charge in [0.25, 0.3) is 0 Å². The van der Waals surface area contributed by atoms with Crippen molar-refractivity contribution in [1.82, 2.24) is 0 Å². The highest BCUT2D eigenvalue weighted by Gasteiger charge is 2.42. The zero-order valence-corrected chi connectivity index (χ0v) is 10.4. The van der Waals surface area contributed by atoms with Crippen molar-refractivity contribution >= 4 is 17.3 Å². The Bertz CT molecular complexity index is 403. The minimum absolute atomic E-state index is 0.518. The van der Waals surface area contributed by atoms with Gasteiger partial charge in [-0.25, -0.2) is 0 Å². The average molecular weight is 238 g/mol. The first kappa shape index (κ1) is 11.5. The van der Waals surface area contributed by atoms with Gasteiger partial charge in [0.15, 0.2) is 0 Å². The molecule has 1 aromatic carbocycles. The number of hydrogen-bond acceptors (Lipinski definition) is 2. The Hall–Kier alpha value is -1.02. The third kappa shape index (κ3) is 2.22. The fourth-order valence-electron chi connectivity index (χ4n) is 2.19. The fraction of sp³-hybridized carbons (Fsp3) is 0.462. The minimum Gasteiger partial charge on any atom is -0.399 e. The highest BCUT2D eigenvalue weighted by atomic mass is 35.5. The van der Waals surface area contributed by atoms with E-state index in [1.165, 1.54) is 5.56 Å². The van der Waals surface area contributed by atoms with Gasteiger partial charge in [0.2, 0.25) is 0 Å². The van der Waals surface area contributed by atoms with E-state index in [2.05, 4.69) is 18.1 Å². The lowest BCUT2D eigenvalue weighted by Crippen LogP contribution is -2.01. The van der Waals surface area contributed by atoms with E-state index in [1.807, 2.05) is 18.2 Å². The van der Waals surface area contributed by atoms with Gasteiger partial charge in [-0.15, -0.1) is 0 Å². The second kappa shape index (κ2) is 4.88. The lowest BCUT2D eigenvalue weighted by Gasteiger charge is -2.04. The first-order valence-corrected chi connectivity index (χ1v) is 6.00. The number of halogens is 1. The Morgan fingerprint density at radius 3 is 2.88 bits per heavy atom. The van der Waals surface area contributed by atoms with Crippen molar-refractivity contribution in [3.05, 3.63) is 34.9 Å². The van der Waals surface area contributed by atoms with Crippen molar-refractivity contribution in [3.63, 3.8) is 0 Å². The summed E-state index contributed by atoms with van der Waals surface area (Å²) in [5.41, 5.74) is 2.39. The molecule has 0 aromatic heterocycles. The van der Waals surface area contributed by atoms with Crippen LogP contribution in [-0.2, 0) is 4.84 Å². The van der Waals surface area contributed by atoms with Gasteiger partial charge in [-0.2, -0.15) is 0 Å². The Balaban J connectivity index is 2.12. The lowest BCUT2D eigenvalue weighted by molar-refractivity contribution is 0.211. The number of benzene rings is 1. The van der Waals surface area contributed by atoms with Gasteiger partial charge >= 0.3 is 0 Å². The number of nitrogens with zero attached hydrogens (tertiary/aromatic N) is 1. The van der Waals surface area contributed by atoms with E-state index in [0.29, 0.717) is 11.8 Å². The van der Waals surface area contributed by atoms with Crippen molar-refractivity contribution < 1.29 is 4.84 Å².